The molecule has 19 heavy (non-hydrogen) atoms. The molecule has 7 nitrogen and oxygen atoms in total. The summed E-state index contributed by atoms with van der Waals surface area (Å²) in [6, 6.07) is 3.29. The summed E-state index contributed by atoms with van der Waals surface area (Å²) in [7, 11) is 0. The molecule has 0 bridgehead atoms. The Kier molecular flexibility index (Phi) is 4.67. The molecule has 0 saturated heterocycles. The monoisotopic (exact) mass is 262 g/mol. The van der Waals surface area contributed by atoms with Gasteiger partial charge < -0.3 is 13.9 Å². The molecular weight excluding hydrogens is 252 g/mol. The van der Waals surface area contributed by atoms with E-state index in [1.54, 1.807) is 26.0 Å². The van der Waals surface area contributed by atoms with Crippen LogP contribution in [0.2, 0.25) is 0 Å². The molecule has 0 unspecified atom stereocenters. The lowest BCUT2D eigenvalue weighted by Gasteiger charge is -1.98. The van der Waals surface area contributed by atoms with Gasteiger partial charge in [-0.25, -0.2) is 9.59 Å². The molecule has 0 aromatic carbocycles. The number of hydrogen-bond acceptors (Lipinski definition) is 7. The minimum absolute atomic E-state index is 0.0705. The predicted octanol–water partition coefficient (Wildman–Crippen LogP) is 1.38. The fourth-order valence-electron chi connectivity index (χ4n) is 1.33. The van der Waals surface area contributed by atoms with Gasteiger partial charge in [-0.1, -0.05) is 0 Å². The first-order valence-electron chi connectivity index (χ1n) is 5.41. The van der Waals surface area contributed by atoms with Crippen LogP contribution in [0.3, 0.4) is 0 Å². The number of nitriles is 2. The zero-order chi connectivity index (χ0) is 14.4. The molecule has 1 aromatic rings. The van der Waals surface area contributed by atoms with Gasteiger partial charge in [-0.2, -0.15) is 10.5 Å². The minimum Gasteiger partial charge on any atom is -0.460 e. The van der Waals surface area contributed by atoms with Gasteiger partial charge in [0.1, 0.15) is 23.3 Å². The molecule has 0 radical (unpaired) electrons. The summed E-state index contributed by atoms with van der Waals surface area (Å²) in [6.07, 6.45) is 0. The first-order chi connectivity index (χ1) is 9.10. The summed E-state index contributed by atoms with van der Waals surface area (Å²) in [5, 5.41) is 17.9. The maximum atomic E-state index is 11.6. The van der Waals surface area contributed by atoms with Gasteiger partial charge in [0.05, 0.1) is 13.2 Å². The highest BCUT2D eigenvalue weighted by Gasteiger charge is 2.30. The first-order valence-corrected chi connectivity index (χ1v) is 5.41. The quantitative estimate of drug-likeness (QED) is 0.753. The van der Waals surface area contributed by atoms with Crippen molar-refractivity contribution >= 4 is 11.9 Å². The molecule has 98 valence electrons. The minimum atomic E-state index is -0.911. The Labute approximate surface area is 108 Å². The highest BCUT2D eigenvalue weighted by atomic mass is 16.6. The molecule has 1 aromatic heterocycles. The van der Waals surface area contributed by atoms with Crippen LogP contribution in [0.5, 0.6) is 0 Å². The summed E-state index contributed by atoms with van der Waals surface area (Å²) < 4.78 is 14.3. The van der Waals surface area contributed by atoms with Gasteiger partial charge >= 0.3 is 11.9 Å². The van der Waals surface area contributed by atoms with E-state index in [1.807, 2.05) is 0 Å². The van der Waals surface area contributed by atoms with Gasteiger partial charge in [-0.05, 0) is 13.8 Å². The smallest absolute Gasteiger partial charge is 0.375 e. The van der Waals surface area contributed by atoms with E-state index >= 15 is 0 Å². The van der Waals surface area contributed by atoms with Crippen LogP contribution in [0.1, 0.15) is 46.1 Å². The van der Waals surface area contributed by atoms with Crippen molar-refractivity contribution in [2.75, 3.05) is 13.2 Å². The molecular formula is C12H10N2O5. The molecule has 0 aliphatic heterocycles. The number of nitrogens with zero attached hydrogens (tertiary/aromatic N) is 2. The van der Waals surface area contributed by atoms with Crippen LogP contribution in [0.15, 0.2) is 4.42 Å². The van der Waals surface area contributed by atoms with Crippen molar-refractivity contribution in [3.63, 3.8) is 0 Å². The average Bonchev–Trinajstić information content (AvgIpc) is 2.77. The van der Waals surface area contributed by atoms with E-state index in [0.717, 1.165) is 0 Å². The maximum Gasteiger partial charge on any atom is 0.375 e. The van der Waals surface area contributed by atoms with E-state index in [1.165, 1.54) is 0 Å². The summed E-state index contributed by atoms with van der Waals surface area (Å²) in [5.41, 5.74) is -0.659. The Bertz CT molecular complexity index is 538. The van der Waals surface area contributed by atoms with Gasteiger partial charge in [0, 0.05) is 0 Å². The lowest BCUT2D eigenvalue weighted by Crippen LogP contribution is -2.05. The third-order valence-electron chi connectivity index (χ3n) is 2.05. The van der Waals surface area contributed by atoms with E-state index in [-0.39, 0.29) is 24.3 Å². The molecule has 7 heteroatoms. The summed E-state index contributed by atoms with van der Waals surface area (Å²) in [6.45, 7) is 3.29. The summed E-state index contributed by atoms with van der Waals surface area (Å²) in [4.78, 5) is 23.1. The molecule has 0 saturated carbocycles. The zero-order valence-electron chi connectivity index (χ0n) is 10.3. The number of rotatable bonds is 4. The van der Waals surface area contributed by atoms with Crippen LogP contribution in [0.4, 0.5) is 0 Å². The number of esters is 2. The highest BCUT2D eigenvalue weighted by Crippen LogP contribution is 2.23. The van der Waals surface area contributed by atoms with Crippen LogP contribution < -0.4 is 0 Å². The molecule has 1 rings (SSSR count). The molecule has 0 N–H and O–H groups in total. The lowest BCUT2D eigenvalue weighted by molar-refractivity contribution is 0.0455. The van der Waals surface area contributed by atoms with Crippen LogP contribution in [0, 0.1) is 22.7 Å². The Morgan fingerprint density at radius 2 is 1.37 bits per heavy atom. The Morgan fingerprint density at radius 3 is 1.63 bits per heavy atom. The van der Waals surface area contributed by atoms with Crippen LogP contribution in [0.25, 0.3) is 0 Å². The number of carbonyl (C=O) groups excluding carboxylic acids is 2. The van der Waals surface area contributed by atoms with Gasteiger partial charge in [-0.15, -0.1) is 0 Å². The Hall–Kier alpha value is -2.80. The zero-order valence-corrected chi connectivity index (χ0v) is 10.3. The molecule has 1 heterocycles. The molecule has 0 spiro atoms. The van der Waals surface area contributed by atoms with Crippen molar-refractivity contribution in [3.8, 4) is 12.1 Å². The Balaban J connectivity index is 3.37. The number of hydrogen-bond donors (Lipinski definition) is 0. The lowest BCUT2D eigenvalue weighted by atomic mass is 10.1. The standard InChI is InChI=1S/C12H10N2O5/c1-3-17-11(15)9-7(5-13)8(6-14)10(19-9)12(16)18-4-2/h3-4H2,1-2H3. The van der Waals surface area contributed by atoms with Gasteiger partial charge in [0.15, 0.2) is 0 Å². The molecule has 0 fully saturated rings. The SMILES string of the molecule is CCOC(=O)c1oc(C(=O)OCC)c(C#N)c1C#N. The normalized spacial score (nSPS) is 9.26. The second-order valence-electron chi connectivity index (χ2n) is 3.17. The fourth-order valence-corrected chi connectivity index (χ4v) is 1.33. The second-order valence-corrected chi connectivity index (χ2v) is 3.17. The van der Waals surface area contributed by atoms with Crippen molar-refractivity contribution in [2.24, 2.45) is 0 Å². The molecule has 0 atom stereocenters. The van der Waals surface area contributed by atoms with Gasteiger partial charge in [-0.3, -0.25) is 0 Å². The summed E-state index contributed by atoms with van der Waals surface area (Å²) in [5.74, 6) is -2.76. The van der Waals surface area contributed by atoms with E-state index in [4.69, 9.17) is 14.9 Å². The molecule has 0 aliphatic rings. The third-order valence-corrected chi connectivity index (χ3v) is 2.05. The van der Waals surface area contributed by atoms with E-state index in [0.29, 0.717) is 0 Å². The second kappa shape index (κ2) is 6.22. The van der Waals surface area contributed by atoms with E-state index in [2.05, 4.69) is 9.47 Å². The van der Waals surface area contributed by atoms with E-state index in [9.17, 15) is 9.59 Å². The van der Waals surface area contributed by atoms with Crippen molar-refractivity contribution in [1.29, 1.82) is 10.5 Å². The highest BCUT2D eigenvalue weighted by molar-refractivity contribution is 5.96. The van der Waals surface area contributed by atoms with Crippen molar-refractivity contribution in [3.05, 3.63) is 22.6 Å². The van der Waals surface area contributed by atoms with Crippen molar-refractivity contribution in [1.82, 2.24) is 0 Å². The average molecular weight is 262 g/mol. The fraction of sp³-hybridized carbons (Fsp3) is 0.333. The van der Waals surface area contributed by atoms with E-state index < -0.39 is 23.5 Å². The third kappa shape index (κ3) is 2.72. The number of carbonyl (C=O) groups is 2. The molecule has 0 amide bonds. The summed E-state index contributed by atoms with van der Waals surface area (Å²) >= 11 is 0. The Morgan fingerprint density at radius 1 is 1.00 bits per heavy atom. The van der Waals surface area contributed by atoms with Crippen LogP contribution in [-0.2, 0) is 9.47 Å². The van der Waals surface area contributed by atoms with Crippen LogP contribution >= 0.6 is 0 Å². The van der Waals surface area contributed by atoms with Gasteiger partial charge in [0.2, 0.25) is 11.5 Å². The topological polar surface area (TPSA) is 113 Å². The predicted molar refractivity (Wildman–Crippen MR) is 60.1 cm³/mol. The van der Waals surface area contributed by atoms with Crippen LogP contribution in [-0.4, -0.2) is 25.2 Å². The maximum absolute atomic E-state index is 11.6. The molecule has 0 aliphatic carbocycles. The first kappa shape index (κ1) is 14.3. The number of furan rings is 1. The van der Waals surface area contributed by atoms with Gasteiger partial charge in [0.25, 0.3) is 0 Å². The van der Waals surface area contributed by atoms with Crippen molar-refractivity contribution < 1.29 is 23.5 Å². The van der Waals surface area contributed by atoms with Crippen molar-refractivity contribution in [2.45, 2.75) is 13.8 Å². The number of ether oxygens (including phenoxy) is 2. The largest absolute Gasteiger partial charge is 0.460 e.